The summed E-state index contributed by atoms with van der Waals surface area (Å²) < 4.78 is 5.55. The van der Waals surface area contributed by atoms with E-state index in [1.54, 1.807) is 9.80 Å². The third-order valence-corrected chi connectivity index (χ3v) is 5.17. The predicted molar refractivity (Wildman–Crippen MR) is 100 cm³/mol. The molecule has 0 radical (unpaired) electrons. The topological polar surface area (TPSA) is 79.0 Å². The van der Waals surface area contributed by atoms with Gasteiger partial charge in [-0.2, -0.15) is 0 Å². The van der Waals surface area contributed by atoms with Gasteiger partial charge in [0.25, 0.3) is 0 Å². The van der Waals surface area contributed by atoms with Crippen molar-refractivity contribution in [3.05, 3.63) is 29.3 Å². The van der Waals surface area contributed by atoms with Crippen LogP contribution in [-0.2, 0) is 20.8 Å². The van der Waals surface area contributed by atoms with Crippen LogP contribution in [0, 0.1) is 6.92 Å². The number of carbonyl (C=O) groups is 3. The summed E-state index contributed by atoms with van der Waals surface area (Å²) >= 11 is 0. The van der Waals surface area contributed by atoms with Gasteiger partial charge in [0.15, 0.2) is 0 Å². The molecule has 0 aliphatic carbocycles. The largest absolute Gasteiger partial charge is 0.494 e. The second-order valence-electron chi connectivity index (χ2n) is 7.05. The lowest BCUT2D eigenvalue weighted by Gasteiger charge is -2.42. The van der Waals surface area contributed by atoms with Crippen LogP contribution in [0.15, 0.2) is 18.2 Å². The fraction of sp³-hybridized carbons (Fsp3) is 0.550. The summed E-state index contributed by atoms with van der Waals surface area (Å²) in [4.78, 5) is 39.7. The number of hydrogen-bond acceptors (Lipinski definition) is 4. The van der Waals surface area contributed by atoms with Crippen molar-refractivity contribution < 1.29 is 19.1 Å². The first-order chi connectivity index (χ1) is 13.0. The zero-order valence-corrected chi connectivity index (χ0v) is 16.0. The molecular formula is C20H27N3O4. The zero-order valence-electron chi connectivity index (χ0n) is 16.0. The van der Waals surface area contributed by atoms with E-state index in [0.717, 1.165) is 24.2 Å². The van der Waals surface area contributed by atoms with Gasteiger partial charge in [0.05, 0.1) is 19.7 Å². The molecule has 2 aliphatic rings. The van der Waals surface area contributed by atoms with Crippen LogP contribution >= 0.6 is 0 Å². The number of piperazine rings is 2. The fourth-order valence-corrected chi connectivity index (χ4v) is 3.70. The lowest BCUT2D eigenvalue weighted by atomic mass is 10.0. The Kier molecular flexibility index (Phi) is 5.98. The minimum Gasteiger partial charge on any atom is -0.494 e. The Morgan fingerprint density at radius 1 is 1.30 bits per heavy atom. The molecular weight excluding hydrogens is 346 g/mol. The fourth-order valence-electron chi connectivity index (χ4n) is 3.70. The third kappa shape index (κ3) is 4.40. The predicted octanol–water partition coefficient (Wildman–Crippen LogP) is 0.886. The van der Waals surface area contributed by atoms with E-state index >= 15 is 0 Å². The van der Waals surface area contributed by atoms with Crippen LogP contribution in [0.4, 0.5) is 0 Å². The normalized spacial score (nSPS) is 19.6. The zero-order chi connectivity index (χ0) is 19.4. The molecule has 1 N–H and O–H groups in total. The average Bonchev–Trinajstić information content (AvgIpc) is 2.66. The molecule has 0 unspecified atom stereocenters. The van der Waals surface area contributed by atoms with Gasteiger partial charge in [0.1, 0.15) is 11.8 Å². The number of benzene rings is 1. The lowest BCUT2D eigenvalue weighted by Crippen LogP contribution is -2.66. The molecule has 7 heteroatoms. The SMILES string of the molecule is CCOc1ccc(CCCC(=O)N2CCN3C(=O)CNC(=O)[C@@H]3C2)cc1C. The highest BCUT2D eigenvalue weighted by atomic mass is 16.5. The highest BCUT2D eigenvalue weighted by Gasteiger charge is 2.39. The molecule has 1 aromatic rings. The van der Waals surface area contributed by atoms with Gasteiger partial charge in [0.2, 0.25) is 17.7 Å². The first kappa shape index (κ1) is 19.2. The molecule has 0 aromatic heterocycles. The summed E-state index contributed by atoms with van der Waals surface area (Å²) in [5.41, 5.74) is 2.29. The van der Waals surface area contributed by atoms with Crippen molar-refractivity contribution in [2.75, 3.05) is 32.8 Å². The van der Waals surface area contributed by atoms with Crippen molar-refractivity contribution >= 4 is 17.7 Å². The van der Waals surface area contributed by atoms with Crippen molar-refractivity contribution in [2.24, 2.45) is 0 Å². The quantitative estimate of drug-likeness (QED) is 0.803. The summed E-state index contributed by atoms with van der Waals surface area (Å²) in [6, 6.07) is 5.58. The number of aryl methyl sites for hydroxylation is 2. The average molecular weight is 373 g/mol. The van der Waals surface area contributed by atoms with Crippen molar-refractivity contribution in [3.8, 4) is 5.75 Å². The Balaban J connectivity index is 1.49. The minimum absolute atomic E-state index is 0.0446. The Bertz CT molecular complexity index is 734. The molecule has 2 fully saturated rings. The summed E-state index contributed by atoms with van der Waals surface area (Å²) in [6.07, 6.45) is 2.01. The summed E-state index contributed by atoms with van der Waals surface area (Å²) in [7, 11) is 0. The molecule has 0 bridgehead atoms. The van der Waals surface area contributed by atoms with Crippen LogP contribution in [0.5, 0.6) is 5.75 Å². The number of nitrogens with one attached hydrogen (secondary N) is 1. The van der Waals surface area contributed by atoms with Crippen molar-refractivity contribution in [2.45, 2.75) is 39.2 Å². The van der Waals surface area contributed by atoms with Gasteiger partial charge < -0.3 is 19.9 Å². The molecule has 7 nitrogen and oxygen atoms in total. The van der Waals surface area contributed by atoms with E-state index in [0.29, 0.717) is 32.7 Å². The van der Waals surface area contributed by atoms with E-state index in [-0.39, 0.29) is 24.3 Å². The lowest BCUT2D eigenvalue weighted by molar-refractivity contribution is -0.152. The van der Waals surface area contributed by atoms with E-state index < -0.39 is 6.04 Å². The Labute approximate surface area is 159 Å². The number of fused-ring (bicyclic) bond motifs is 1. The number of ether oxygens (including phenoxy) is 1. The molecule has 1 aromatic carbocycles. The molecule has 3 amide bonds. The van der Waals surface area contributed by atoms with Gasteiger partial charge in [0, 0.05) is 19.5 Å². The first-order valence-corrected chi connectivity index (χ1v) is 9.57. The Morgan fingerprint density at radius 2 is 2.11 bits per heavy atom. The number of nitrogens with zero attached hydrogens (tertiary/aromatic N) is 2. The van der Waals surface area contributed by atoms with Crippen molar-refractivity contribution in [3.63, 3.8) is 0 Å². The Morgan fingerprint density at radius 3 is 2.85 bits per heavy atom. The van der Waals surface area contributed by atoms with Gasteiger partial charge >= 0.3 is 0 Å². The molecule has 146 valence electrons. The third-order valence-electron chi connectivity index (χ3n) is 5.17. The van der Waals surface area contributed by atoms with Gasteiger partial charge in [-0.1, -0.05) is 12.1 Å². The van der Waals surface area contributed by atoms with Crippen molar-refractivity contribution in [1.29, 1.82) is 0 Å². The summed E-state index contributed by atoms with van der Waals surface area (Å²) in [5, 5.41) is 2.60. The molecule has 0 saturated carbocycles. The number of hydrogen-bond donors (Lipinski definition) is 1. The highest BCUT2D eigenvalue weighted by Crippen LogP contribution is 2.21. The molecule has 27 heavy (non-hydrogen) atoms. The van der Waals surface area contributed by atoms with Gasteiger partial charge in [-0.3, -0.25) is 14.4 Å². The van der Waals surface area contributed by atoms with E-state index in [2.05, 4.69) is 11.4 Å². The second-order valence-corrected chi connectivity index (χ2v) is 7.05. The van der Waals surface area contributed by atoms with Crippen molar-refractivity contribution in [1.82, 2.24) is 15.1 Å². The molecule has 2 aliphatic heterocycles. The summed E-state index contributed by atoms with van der Waals surface area (Å²) in [5.74, 6) is 0.702. The molecule has 1 atom stereocenters. The van der Waals surface area contributed by atoms with Gasteiger partial charge in [-0.15, -0.1) is 0 Å². The number of carbonyl (C=O) groups excluding carboxylic acids is 3. The first-order valence-electron chi connectivity index (χ1n) is 9.57. The maximum atomic E-state index is 12.5. The van der Waals surface area contributed by atoms with E-state index in [1.165, 1.54) is 5.56 Å². The van der Waals surface area contributed by atoms with E-state index in [4.69, 9.17) is 4.74 Å². The van der Waals surface area contributed by atoms with Gasteiger partial charge in [-0.05, 0) is 43.9 Å². The molecule has 2 heterocycles. The highest BCUT2D eigenvalue weighted by molar-refractivity contribution is 5.95. The van der Waals surface area contributed by atoms with Crippen LogP contribution in [0.3, 0.4) is 0 Å². The standard InChI is InChI=1S/C20H27N3O4/c1-3-27-17-8-7-15(11-14(17)2)5-4-6-18(24)22-9-10-23-16(13-22)20(26)21-12-19(23)25/h7-8,11,16H,3-6,9-10,12-13H2,1-2H3,(H,21,26)/t16-/m0/s1. The van der Waals surface area contributed by atoms with Crippen LogP contribution in [-0.4, -0.2) is 66.3 Å². The molecule has 2 saturated heterocycles. The number of amides is 3. The van der Waals surface area contributed by atoms with Crippen LogP contribution in [0.2, 0.25) is 0 Å². The maximum absolute atomic E-state index is 12.5. The van der Waals surface area contributed by atoms with Crippen LogP contribution in [0.25, 0.3) is 0 Å². The molecule has 3 rings (SSSR count). The Hall–Kier alpha value is -2.57. The minimum atomic E-state index is -0.544. The molecule has 0 spiro atoms. The smallest absolute Gasteiger partial charge is 0.245 e. The number of rotatable bonds is 6. The monoisotopic (exact) mass is 373 g/mol. The second kappa shape index (κ2) is 8.41. The van der Waals surface area contributed by atoms with Crippen LogP contribution in [0.1, 0.15) is 30.9 Å². The van der Waals surface area contributed by atoms with E-state index in [1.807, 2.05) is 26.0 Å². The summed E-state index contributed by atoms with van der Waals surface area (Å²) in [6.45, 7) is 5.91. The van der Waals surface area contributed by atoms with Crippen LogP contribution < -0.4 is 10.1 Å². The maximum Gasteiger partial charge on any atom is 0.245 e. The van der Waals surface area contributed by atoms with Gasteiger partial charge in [-0.25, -0.2) is 0 Å². The van der Waals surface area contributed by atoms with E-state index in [9.17, 15) is 14.4 Å².